The maximum atomic E-state index is 11.3. The molecule has 82 valence electrons. The van der Waals surface area contributed by atoms with Crippen LogP contribution >= 0.6 is 0 Å². The predicted molar refractivity (Wildman–Crippen MR) is 59.9 cm³/mol. The summed E-state index contributed by atoms with van der Waals surface area (Å²) >= 11 is 0. The van der Waals surface area contributed by atoms with E-state index in [9.17, 15) is 4.79 Å². The van der Waals surface area contributed by atoms with Gasteiger partial charge >= 0.3 is 0 Å². The Morgan fingerprint density at radius 2 is 2.14 bits per heavy atom. The Morgan fingerprint density at radius 3 is 2.64 bits per heavy atom. The SMILES string of the molecule is C=CCNC(=O)CCC(C)(C)CCN. The number of rotatable bonds is 7. The Labute approximate surface area is 86.8 Å². The molecule has 0 aromatic heterocycles. The minimum atomic E-state index is 0.0926. The van der Waals surface area contributed by atoms with E-state index in [2.05, 4.69) is 25.7 Å². The fourth-order valence-electron chi connectivity index (χ4n) is 1.24. The van der Waals surface area contributed by atoms with Crippen molar-refractivity contribution in [1.82, 2.24) is 5.32 Å². The summed E-state index contributed by atoms with van der Waals surface area (Å²) in [6.07, 6.45) is 4.10. The number of nitrogens with one attached hydrogen (secondary N) is 1. The summed E-state index contributed by atoms with van der Waals surface area (Å²) in [4.78, 5) is 11.3. The Hall–Kier alpha value is -0.830. The monoisotopic (exact) mass is 198 g/mol. The van der Waals surface area contributed by atoms with E-state index in [1.165, 1.54) is 0 Å². The maximum absolute atomic E-state index is 11.3. The topological polar surface area (TPSA) is 55.1 Å². The number of nitrogens with two attached hydrogens (primary N) is 1. The summed E-state index contributed by atoms with van der Waals surface area (Å²) in [6, 6.07) is 0. The van der Waals surface area contributed by atoms with Crippen LogP contribution in [0.25, 0.3) is 0 Å². The van der Waals surface area contributed by atoms with Gasteiger partial charge in [-0.3, -0.25) is 4.79 Å². The molecular formula is C11H22N2O. The van der Waals surface area contributed by atoms with Gasteiger partial charge in [0.25, 0.3) is 0 Å². The highest BCUT2D eigenvalue weighted by Gasteiger charge is 2.17. The zero-order chi connectivity index (χ0) is 11.0. The van der Waals surface area contributed by atoms with Crippen molar-refractivity contribution < 1.29 is 4.79 Å². The fourth-order valence-corrected chi connectivity index (χ4v) is 1.24. The van der Waals surface area contributed by atoms with Gasteiger partial charge in [0.2, 0.25) is 5.91 Å². The van der Waals surface area contributed by atoms with Crippen LogP contribution in [0.1, 0.15) is 33.1 Å². The highest BCUT2D eigenvalue weighted by Crippen LogP contribution is 2.25. The van der Waals surface area contributed by atoms with Crippen molar-refractivity contribution in [2.24, 2.45) is 11.1 Å². The summed E-state index contributed by atoms with van der Waals surface area (Å²) in [5.41, 5.74) is 5.65. The molecule has 3 nitrogen and oxygen atoms in total. The average molecular weight is 198 g/mol. The van der Waals surface area contributed by atoms with Crippen LogP contribution in [0.5, 0.6) is 0 Å². The molecule has 0 aliphatic carbocycles. The van der Waals surface area contributed by atoms with E-state index in [1.807, 2.05) is 0 Å². The van der Waals surface area contributed by atoms with E-state index in [0.717, 1.165) is 12.8 Å². The first-order valence-corrected chi connectivity index (χ1v) is 5.09. The number of carbonyl (C=O) groups excluding carboxylic acids is 1. The minimum absolute atomic E-state index is 0.0926. The number of hydrogen-bond donors (Lipinski definition) is 2. The summed E-state index contributed by atoms with van der Waals surface area (Å²) in [5, 5.41) is 2.76. The van der Waals surface area contributed by atoms with Crippen molar-refractivity contribution in [3.05, 3.63) is 12.7 Å². The van der Waals surface area contributed by atoms with Crippen molar-refractivity contribution >= 4 is 5.91 Å². The molecule has 0 saturated carbocycles. The lowest BCUT2D eigenvalue weighted by Gasteiger charge is -2.23. The zero-order valence-corrected chi connectivity index (χ0v) is 9.31. The normalized spacial score (nSPS) is 11.1. The molecule has 0 aromatic carbocycles. The molecule has 0 bridgehead atoms. The Bertz CT molecular complexity index is 188. The molecule has 0 heterocycles. The Balaban J connectivity index is 3.69. The quantitative estimate of drug-likeness (QED) is 0.608. The first kappa shape index (κ1) is 13.2. The second kappa shape index (κ2) is 6.60. The Kier molecular flexibility index (Phi) is 6.21. The van der Waals surface area contributed by atoms with Crippen LogP contribution in [-0.2, 0) is 4.79 Å². The maximum Gasteiger partial charge on any atom is 0.220 e. The molecule has 0 unspecified atom stereocenters. The van der Waals surface area contributed by atoms with Gasteiger partial charge in [0.05, 0.1) is 0 Å². The molecule has 0 radical (unpaired) electrons. The molecule has 3 N–H and O–H groups in total. The van der Waals surface area contributed by atoms with Crippen molar-refractivity contribution in [2.75, 3.05) is 13.1 Å². The molecule has 1 amide bonds. The highest BCUT2D eigenvalue weighted by atomic mass is 16.1. The summed E-state index contributed by atoms with van der Waals surface area (Å²) < 4.78 is 0. The van der Waals surface area contributed by atoms with Crippen molar-refractivity contribution in [3.63, 3.8) is 0 Å². The number of amides is 1. The van der Waals surface area contributed by atoms with Gasteiger partial charge in [-0.1, -0.05) is 19.9 Å². The molecule has 0 rings (SSSR count). The van der Waals surface area contributed by atoms with Crippen LogP contribution < -0.4 is 11.1 Å². The highest BCUT2D eigenvalue weighted by molar-refractivity contribution is 5.75. The smallest absolute Gasteiger partial charge is 0.220 e. The van der Waals surface area contributed by atoms with E-state index in [0.29, 0.717) is 19.5 Å². The second-order valence-corrected chi connectivity index (χ2v) is 4.30. The Morgan fingerprint density at radius 1 is 1.50 bits per heavy atom. The summed E-state index contributed by atoms with van der Waals surface area (Å²) in [5.74, 6) is 0.0926. The minimum Gasteiger partial charge on any atom is -0.353 e. The number of hydrogen-bond acceptors (Lipinski definition) is 2. The molecule has 0 atom stereocenters. The standard InChI is InChI=1S/C11H22N2O/c1-4-9-13-10(14)5-6-11(2,3)7-8-12/h4H,1,5-9,12H2,2-3H3,(H,13,14). The molecule has 0 aliphatic rings. The van der Waals surface area contributed by atoms with Gasteiger partial charge in [-0.2, -0.15) is 0 Å². The molecule has 0 saturated heterocycles. The van der Waals surface area contributed by atoms with Crippen molar-refractivity contribution in [3.8, 4) is 0 Å². The largest absolute Gasteiger partial charge is 0.353 e. The van der Waals surface area contributed by atoms with Crippen LogP contribution in [-0.4, -0.2) is 19.0 Å². The third-order valence-electron chi connectivity index (χ3n) is 2.29. The van der Waals surface area contributed by atoms with Crippen molar-refractivity contribution in [2.45, 2.75) is 33.1 Å². The molecule has 0 fully saturated rings. The van der Waals surface area contributed by atoms with E-state index >= 15 is 0 Å². The lowest BCUT2D eigenvalue weighted by molar-refractivity contribution is -0.121. The van der Waals surface area contributed by atoms with E-state index < -0.39 is 0 Å². The average Bonchev–Trinajstić information content (AvgIpc) is 2.11. The molecule has 0 aromatic rings. The molecule has 0 spiro atoms. The van der Waals surface area contributed by atoms with Crippen LogP contribution in [0.4, 0.5) is 0 Å². The van der Waals surface area contributed by atoms with Gasteiger partial charge in [0, 0.05) is 13.0 Å². The third-order valence-corrected chi connectivity index (χ3v) is 2.29. The van der Waals surface area contributed by atoms with Gasteiger partial charge in [0.15, 0.2) is 0 Å². The van der Waals surface area contributed by atoms with E-state index in [-0.39, 0.29) is 11.3 Å². The van der Waals surface area contributed by atoms with Crippen LogP contribution in [0.2, 0.25) is 0 Å². The molecular weight excluding hydrogens is 176 g/mol. The van der Waals surface area contributed by atoms with Gasteiger partial charge in [-0.05, 0) is 24.8 Å². The van der Waals surface area contributed by atoms with E-state index in [4.69, 9.17) is 5.73 Å². The van der Waals surface area contributed by atoms with Gasteiger partial charge in [-0.25, -0.2) is 0 Å². The van der Waals surface area contributed by atoms with E-state index in [1.54, 1.807) is 6.08 Å². The first-order valence-electron chi connectivity index (χ1n) is 5.09. The fraction of sp³-hybridized carbons (Fsp3) is 0.727. The lowest BCUT2D eigenvalue weighted by atomic mass is 9.84. The first-order chi connectivity index (χ1) is 6.52. The zero-order valence-electron chi connectivity index (χ0n) is 9.31. The number of carbonyl (C=O) groups is 1. The van der Waals surface area contributed by atoms with Crippen LogP contribution in [0.15, 0.2) is 12.7 Å². The molecule has 3 heteroatoms. The van der Waals surface area contributed by atoms with Crippen LogP contribution in [0.3, 0.4) is 0 Å². The third kappa shape index (κ3) is 6.66. The van der Waals surface area contributed by atoms with Gasteiger partial charge < -0.3 is 11.1 Å². The van der Waals surface area contributed by atoms with Gasteiger partial charge in [0.1, 0.15) is 0 Å². The van der Waals surface area contributed by atoms with Crippen LogP contribution in [0, 0.1) is 5.41 Å². The van der Waals surface area contributed by atoms with Crippen molar-refractivity contribution in [1.29, 1.82) is 0 Å². The predicted octanol–water partition coefficient (Wildman–Crippen LogP) is 1.44. The molecule has 0 aliphatic heterocycles. The lowest BCUT2D eigenvalue weighted by Crippen LogP contribution is -2.26. The summed E-state index contributed by atoms with van der Waals surface area (Å²) in [6.45, 7) is 9.05. The summed E-state index contributed by atoms with van der Waals surface area (Å²) in [7, 11) is 0. The molecule has 14 heavy (non-hydrogen) atoms. The second-order valence-electron chi connectivity index (χ2n) is 4.30. The van der Waals surface area contributed by atoms with Gasteiger partial charge in [-0.15, -0.1) is 6.58 Å².